The highest BCUT2D eigenvalue weighted by molar-refractivity contribution is 9.10. The van der Waals surface area contributed by atoms with Gasteiger partial charge in [0, 0.05) is 27.9 Å². The fraction of sp³-hybridized carbons (Fsp3) is 0.105. The quantitative estimate of drug-likeness (QED) is 0.733. The van der Waals surface area contributed by atoms with Gasteiger partial charge in [0.2, 0.25) is 0 Å². The maximum Gasteiger partial charge on any atom is 0.117 e. The van der Waals surface area contributed by atoms with E-state index in [1.165, 1.54) is 0 Å². The molecular formula is C19H15BrNO3-. The fourth-order valence-electron chi connectivity index (χ4n) is 2.69. The Kier molecular flexibility index (Phi) is 4.71. The van der Waals surface area contributed by atoms with Gasteiger partial charge in [0.1, 0.15) is 5.75 Å². The Labute approximate surface area is 148 Å². The number of rotatable bonds is 5. The first-order chi connectivity index (χ1) is 11.5. The number of benzene rings is 2. The third kappa shape index (κ3) is 3.51. The van der Waals surface area contributed by atoms with E-state index in [9.17, 15) is 15.0 Å². The van der Waals surface area contributed by atoms with Crippen LogP contribution in [0.5, 0.6) is 5.75 Å². The van der Waals surface area contributed by atoms with Crippen molar-refractivity contribution in [3.8, 4) is 22.7 Å². The average Bonchev–Trinajstić information content (AvgIpc) is 2.97. The maximum absolute atomic E-state index is 10.8. The minimum Gasteiger partial charge on any atom is -0.550 e. The monoisotopic (exact) mass is 384 g/mol. The van der Waals surface area contributed by atoms with Crippen molar-refractivity contribution >= 4 is 21.9 Å². The number of carboxylic acid groups (broad SMARTS) is 1. The van der Waals surface area contributed by atoms with Gasteiger partial charge in [-0.25, -0.2) is 0 Å². The first kappa shape index (κ1) is 16.3. The van der Waals surface area contributed by atoms with Crippen LogP contribution in [0.15, 0.2) is 65.1 Å². The molecule has 0 aliphatic rings. The summed E-state index contributed by atoms with van der Waals surface area (Å²) in [7, 11) is 0. The van der Waals surface area contributed by atoms with Crippen LogP contribution < -0.4 is 5.11 Å². The lowest BCUT2D eigenvalue weighted by molar-refractivity contribution is -0.305. The summed E-state index contributed by atoms with van der Waals surface area (Å²) in [5.41, 5.74) is 3.57. The van der Waals surface area contributed by atoms with Crippen molar-refractivity contribution in [1.29, 1.82) is 0 Å². The number of halogens is 1. The van der Waals surface area contributed by atoms with E-state index < -0.39 is 5.97 Å². The zero-order valence-electron chi connectivity index (χ0n) is 12.8. The second kappa shape index (κ2) is 6.93. The molecule has 0 bridgehead atoms. The topological polar surface area (TPSA) is 65.3 Å². The number of aryl methyl sites for hydroxylation is 1. The number of hydrogen-bond donors (Lipinski definition) is 1. The van der Waals surface area contributed by atoms with Crippen LogP contribution >= 0.6 is 15.9 Å². The Hall–Kier alpha value is -2.53. The van der Waals surface area contributed by atoms with Crippen LogP contribution in [-0.2, 0) is 11.2 Å². The number of phenols is 1. The van der Waals surface area contributed by atoms with Crippen molar-refractivity contribution in [2.24, 2.45) is 0 Å². The molecule has 0 spiro atoms. The summed E-state index contributed by atoms with van der Waals surface area (Å²) in [5, 5.41) is 20.6. The van der Waals surface area contributed by atoms with Gasteiger partial charge in [0.15, 0.2) is 0 Å². The van der Waals surface area contributed by atoms with Gasteiger partial charge in [-0.1, -0.05) is 34.1 Å². The lowest BCUT2D eigenvalue weighted by Gasteiger charge is -2.15. The smallest absolute Gasteiger partial charge is 0.117 e. The first-order valence-electron chi connectivity index (χ1n) is 7.50. The standard InChI is InChI=1S/C19H16BrNO3/c20-14-6-4-13(5-7-14)18-10-8-15(9-11-19(23)24)21(18)16-2-1-3-17(22)12-16/h1-8,10,12,22H,9,11H2,(H,23,24)/p-1. The number of aromatic hydroxyl groups is 1. The third-order valence-corrected chi connectivity index (χ3v) is 4.30. The summed E-state index contributed by atoms with van der Waals surface area (Å²) in [6, 6.07) is 18.7. The maximum atomic E-state index is 10.8. The molecule has 0 saturated heterocycles. The predicted octanol–water partition coefficient (Wildman–Crippen LogP) is 3.29. The molecule has 0 atom stereocenters. The second-order valence-electron chi connectivity index (χ2n) is 5.44. The highest BCUT2D eigenvalue weighted by Crippen LogP contribution is 2.29. The lowest BCUT2D eigenvalue weighted by Crippen LogP contribution is -2.22. The molecule has 3 rings (SSSR count). The van der Waals surface area contributed by atoms with Crippen LogP contribution in [0.25, 0.3) is 16.9 Å². The molecule has 0 amide bonds. The number of aliphatic carboxylic acids is 1. The van der Waals surface area contributed by atoms with E-state index in [2.05, 4.69) is 15.9 Å². The summed E-state index contributed by atoms with van der Waals surface area (Å²) in [6.07, 6.45) is 0.303. The predicted molar refractivity (Wildman–Crippen MR) is 93.9 cm³/mol. The molecule has 0 unspecified atom stereocenters. The average molecular weight is 385 g/mol. The molecule has 0 aliphatic heterocycles. The Bertz CT molecular complexity index is 869. The molecule has 0 saturated carbocycles. The zero-order chi connectivity index (χ0) is 17.1. The highest BCUT2D eigenvalue weighted by atomic mass is 79.9. The molecular weight excluding hydrogens is 370 g/mol. The first-order valence-corrected chi connectivity index (χ1v) is 8.30. The SMILES string of the molecule is O=C([O-])CCc1ccc(-c2ccc(Br)cc2)n1-c1cccc(O)c1. The molecule has 3 aromatic rings. The second-order valence-corrected chi connectivity index (χ2v) is 6.36. The van der Waals surface area contributed by atoms with Gasteiger partial charge in [-0.05, 0) is 54.8 Å². The number of carboxylic acids is 1. The summed E-state index contributed by atoms with van der Waals surface area (Å²) in [4.78, 5) is 10.8. The lowest BCUT2D eigenvalue weighted by atomic mass is 10.1. The van der Waals surface area contributed by atoms with Crippen LogP contribution in [0.2, 0.25) is 0 Å². The van der Waals surface area contributed by atoms with Crippen molar-refractivity contribution in [2.45, 2.75) is 12.8 Å². The minimum absolute atomic E-state index is 0.0530. The Morgan fingerprint density at radius 1 is 1.08 bits per heavy atom. The van der Waals surface area contributed by atoms with E-state index in [4.69, 9.17) is 0 Å². The number of aromatic nitrogens is 1. The van der Waals surface area contributed by atoms with Gasteiger partial charge < -0.3 is 19.6 Å². The molecule has 5 heteroatoms. The Balaban J connectivity index is 2.12. The van der Waals surface area contributed by atoms with Crippen LogP contribution in [0.4, 0.5) is 0 Å². The van der Waals surface area contributed by atoms with E-state index in [1.807, 2.05) is 47.0 Å². The molecule has 4 nitrogen and oxygen atoms in total. The van der Waals surface area contributed by atoms with Crippen molar-refractivity contribution in [3.05, 3.63) is 70.8 Å². The van der Waals surface area contributed by atoms with Crippen LogP contribution in [0.3, 0.4) is 0 Å². The largest absolute Gasteiger partial charge is 0.550 e. The summed E-state index contributed by atoms with van der Waals surface area (Å²) >= 11 is 3.42. The van der Waals surface area contributed by atoms with Crippen LogP contribution in [-0.4, -0.2) is 15.6 Å². The zero-order valence-corrected chi connectivity index (χ0v) is 14.4. The minimum atomic E-state index is -1.08. The van der Waals surface area contributed by atoms with Gasteiger partial charge in [0.25, 0.3) is 0 Å². The molecule has 0 aliphatic carbocycles. The fourth-order valence-corrected chi connectivity index (χ4v) is 2.95. The molecule has 1 heterocycles. The van der Waals surface area contributed by atoms with Gasteiger partial charge in [-0.2, -0.15) is 0 Å². The third-order valence-electron chi connectivity index (χ3n) is 3.77. The molecule has 1 N–H and O–H groups in total. The highest BCUT2D eigenvalue weighted by Gasteiger charge is 2.12. The Morgan fingerprint density at radius 3 is 2.50 bits per heavy atom. The van der Waals surface area contributed by atoms with E-state index in [0.29, 0.717) is 6.42 Å². The number of carbonyl (C=O) groups is 1. The van der Waals surface area contributed by atoms with Crippen molar-refractivity contribution < 1.29 is 15.0 Å². The molecule has 122 valence electrons. The normalized spacial score (nSPS) is 10.7. The molecule has 0 fully saturated rings. The van der Waals surface area contributed by atoms with E-state index >= 15 is 0 Å². The van der Waals surface area contributed by atoms with Crippen molar-refractivity contribution in [2.75, 3.05) is 0 Å². The van der Waals surface area contributed by atoms with E-state index in [1.54, 1.807) is 18.2 Å². The molecule has 1 aromatic heterocycles. The summed E-state index contributed by atoms with van der Waals surface area (Å²) in [5.74, 6) is -0.919. The number of nitrogens with zero attached hydrogens (tertiary/aromatic N) is 1. The molecule has 0 radical (unpaired) electrons. The van der Waals surface area contributed by atoms with E-state index in [0.717, 1.165) is 27.1 Å². The van der Waals surface area contributed by atoms with Gasteiger partial charge in [0.05, 0.1) is 5.69 Å². The molecule has 2 aromatic carbocycles. The van der Waals surface area contributed by atoms with Crippen LogP contribution in [0.1, 0.15) is 12.1 Å². The number of hydrogen-bond acceptors (Lipinski definition) is 3. The summed E-state index contributed by atoms with van der Waals surface area (Å²) < 4.78 is 2.95. The van der Waals surface area contributed by atoms with Crippen molar-refractivity contribution in [3.63, 3.8) is 0 Å². The number of carbonyl (C=O) groups excluding carboxylic acids is 1. The number of phenolic OH excluding ortho intramolecular Hbond substituents is 1. The van der Waals surface area contributed by atoms with E-state index in [-0.39, 0.29) is 12.2 Å². The van der Waals surface area contributed by atoms with Gasteiger partial charge in [-0.15, -0.1) is 0 Å². The van der Waals surface area contributed by atoms with Crippen LogP contribution in [0, 0.1) is 0 Å². The van der Waals surface area contributed by atoms with Gasteiger partial charge >= 0.3 is 0 Å². The molecule has 24 heavy (non-hydrogen) atoms. The van der Waals surface area contributed by atoms with Crippen molar-refractivity contribution in [1.82, 2.24) is 4.57 Å². The Morgan fingerprint density at radius 2 is 1.83 bits per heavy atom. The van der Waals surface area contributed by atoms with Gasteiger partial charge in [-0.3, -0.25) is 0 Å². The summed E-state index contributed by atoms with van der Waals surface area (Å²) in [6.45, 7) is 0.